The molecular weight excluding hydrogens is 322 g/mol. The highest BCUT2D eigenvalue weighted by molar-refractivity contribution is 7.99. The minimum atomic E-state index is 0.615. The average molecular weight is 341 g/mol. The van der Waals surface area contributed by atoms with E-state index in [0.717, 1.165) is 34.4 Å². The standard InChI is InChI=1S/C17H19N5OS/c1-23-12-11-22-16(14-5-9-18-10-6-14)20-21-17(22)24-13-7-15-4-2-3-8-19-15/h2-6,8-10H,7,11-13H2,1H3. The predicted molar refractivity (Wildman–Crippen MR) is 93.8 cm³/mol. The van der Waals surface area contributed by atoms with Crippen LogP contribution in [0.25, 0.3) is 11.4 Å². The van der Waals surface area contributed by atoms with Crippen molar-refractivity contribution in [1.29, 1.82) is 0 Å². The van der Waals surface area contributed by atoms with Gasteiger partial charge < -0.3 is 4.74 Å². The molecule has 0 fully saturated rings. The van der Waals surface area contributed by atoms with Crippen LogP contribution >= 0.6 is 11.8 Å². The fourth-order valence-electron chi connectivity index (χ4n) is 2.29. The van der Waals surface area contributed by atoms with Gasteiger partial charge in [-0.3, -0.25) is 14.5 Å². The van der Waals surface area contributed by atoms with Crippen LogP contribution in [0, 0.1) is 0 Å². The number of nitrogens with zero attached hydrogens (tertiary/aromatic N) is 5. The van der Waals surface area contributed by atoms with Crippen molar-refractivity contribution in [3.8, 4) is 11.4 Å². The van der Waals surface area contributed by atoms with E-state index in [-0.39, 0.29) is 0 Å². The molecule has 0 aromatic carbocycles. The van der Waals surface area contributed by atoms with E-state index in [1.807, 2.05) is 36.5 Å². The van der Waals surface area contributed by atoms with Gasteiger partial charge in [0.25, 0.3) is 0 Å². The fourth-order valence-corrected chi connectivity index (χ4v) is 3.21. The molecular formula is C17H19N5OS. The molecule has 0 bridgehead atoms. The predicted octanol–water partition coefficient (Wildman–Crippen LogP) is 2.72. The Hall–Kier alpha value is -2.25. The van der Waals surface area contributed by atoms with Crippen LogP contribution < -0.4 is 0 Å². The lowest BCUT2D eigenvalue weighted by Gasteiger charge is -2.09. The van der Waals surface area contributed by atoms with Crippen LogP contribution in [0.1, 0.15) is 5.69 Å². The van der Waals surface area contributed by atoms with Crippen molar-refractivity contribution >= 4 is 11.8 Å². The number of hydrogen-bond acceptors (Lipinski definition) is 6. The zero-order chi connectivity index (χ0) is 16.6. The number of rotatable bonds is 8. The second-order valence-corrected chi connectivity index (χ2v) is 6.17. The summed E-state index contributed by atoms with van der Waals surface area (Å²) in [5, 5.41) is 9.61. The monoisotopic (exact) mass is 341 g/mol. The summed E-state index contributed by atoms with van der Waals surface area (Å²) >= 11 is 1.69. The summed E-state index contributed by atoms with van der Waals surface area (Å²) in [4.78, 5) is 8.41. The first-order chi connectivity index (χ1) is 11.9. The Morgan fingerprint density at radius 3 is 2.71 bits per heavy atom. The molecule has 0 amide bonds. The Balaban J connectivity index is 1.73. The van der Waals surface area contributed by atoms with Gasteiger partial charge in [0.05, 0.1) is 13.2 Å². The maximum atomic E-state index is 5.23. The van der Waals surface area contributed by atoms with Gasteiger partial charge in [-0.1, -0.05) is 17.8 Å². The number of aromatic nitrogens is 5. The normalized spacial score (nSPS) is 10.9. The summed E-state index contributed by atoms with van der Waals surface area (Å²) in [6.45, 7) is 1.33. The molecule has 6 nitrogen and oxygen atoms in total. The summed E-state index contributed by atoms with van der Waals surface area (Å²) in [5.41, 5.74) is 2.09. The van der Waals surface area contributed by atoms with Gasteiger partial charge >= 0.3 is 0 Å². The summed E-state index contributed by atoms with van der Waals surface area (Å²) in [5.74, 6) is 1.74. The molecule has 0 spiro atoms. The molecule has 24 heavy (non-hydrogen) atoms. The average Bonchev–Trinajstić information content (AvgIpc) is 3.04. The molecule has 3 heterocycles. The molecule has 3 aromatic heterocycles. The Morgan fingerprint density at radius 1 is 1.08 bits per heavy atom. The second-order valence-electron chi connectivity index (χ2n) is 5.11. The molecule has 0 atom stereocenters. The third-order valence-electron chi connectivity index (χ3n) is 3.49. The summed E-state index contributed by atoms with van der Waals surface area (Å²) in [6.07, 6.45) is 6.24. The van der Waals surface area contributed by atoms with Crippen LogP contribution in [0.15, 0.2) is 54.1 Å². The van der Waals surface area contributed by atoms with Crippen molar-refractivity contribution in [3.05, 3.63) is 54.6 Å². The lowest BCUT2D eigenvalue weighted by Crippen LogP contribution is -2.08. The van der Waals surface area contributed by atoms with Gasteiger partial charge in [0, 0.05) is 42.7 Å². The molecule has 0 N–H and O–H groups in total. The van der Waals surface area contributed by atoms with Crippen LogP contribution in [0.3, 0.4) is 0 Å². The first-order valence-electron chi connectivity index (χ1n) is 7.73. The van der Waals surface area contributed by atoms with E-state index in [1.165, 1.54) is 0 Å². The van der Waals surface area contributed by atoms with Gasteiger partial charge in [-0.15, -0.1) is 10.2 Å². The Bertz CT molecular complexity index is 748. The Labute approximate surface area is 145 Å². The first kappa shape index (κ1) is 16.6. The lowest BCUT2D eigenvalue weighted by molar-refractivity contribution is 0.185. The van der Waals surface area contributed by atoms with Gasteiger partial charge in [-0.2, -0.15) is 0 Å². The summed E-state index contributed by atoms with van der Waals surface area (Å²) in [7, 11) is 1.70. The molecule has 0 saturated heterocycles. The maximum Gasteiger partial charge on any atom is 0.191 e. The van der Waals surface area contributed by atoms with E-state index in [2.05, 4.69) is 24.7 Å². The second kappa shape index (κ2) is 8.56. The molecule has 0 aliphatic rings. The van der Waals surface area contributed by atoms with E-state index in [1.54, 1.807) is 31.3 Å². The van der Waals surface area contributed by atoms with Crippen molar-refractivity contribution in [2.75, 3.05) is 19.5 Å². The number of aryl methyl sites for hydroxylation is 1. The minimum absolute atomic E-state index is 0.615. The highest BCUT2D eigenvalue weighted by Crippen LogP contribution is 2.24. The first-order valence-corrected chi connectivity index (χ1v) is 8.72. The number of thioether (sulfide) groups is 1. The minimum Gasteiger partial charge on any atom is -0.383 e. The van der Waals surface area contributed by atoms with Crippen molar-refractivity contribution in [3.63, 3.8) is 0 Å². The highest BCUT2D eigenvalue weighted by atomic mass is 32.2. The SMILES string of the molecule is COCCn1c(SCCc2ccccn2)nnc1-c1ccncc1. The Morgan fingerprint density at radius 2 is 1.96 bits per heavy atom. The van der Waals surface area contributed by atoms with Gasteiger partial charge in [0.15, 0.2) is 11.0 Å². The highest BCUT2D eigenvalue weighted by Gasteiger charge is 2.14. The molecule has 0 saturated carbocycles. The topological polar surface area (TPSA) is 65.7 Å². The van der Waals surface area contributed by atoms with E-state index in [0.29, 0.717) is 13.2 Å². The molecule has 0 radical (unpaired) electrons. The lowest BCUT2D eigenvalue weighted by atomic mass is 10.2. The molecule has 3 rings (SSSR count). The number of pyridine rings is 2. The zero-order valence-corrected chi connectivity index (χ0v) is 14.3. The quantitative estimate of drug-likeness (QED) is 0.587. The summed E-state index contributed by atoms with van der Waals surface area (Å²) in [6, 6.07) is 9.86. The van der Waals surface area contributed by atoms with Crippen molar-refractivity contribution < 1.29 is 4.74 Å². The van der Waals surface area contributed by atoms with Gasteiger partial charge in [-0.05, 0) is 30.7 Å². The van der Waals surface area contributed by atoms with Gasteiger partial charge in [0.1, 0.15) is 0 Å². The van der Waals surface area contributed by atoms with Gasteiger partial charge in [-0.25, -0.2) is 0 Å². The molecule has 7 heteroatoms. The van der Waals surface area contributed by atoms with E-state index >= 15 is 0 Å². The van der Waals surface area contributed by atoms with Gasteiger partial charge in [0.2, 0.25) is 0 Å². The molecule has 0 aliphatic heterocycles. The van der Waals surface area contributed by atoms with Crippen LogP contribution in [-0.4, -0.2) is 44.2 Å². The summed E-state index contributed by atoms with van der Waals surface area (Å²) < 4.78 is 7.33. The zero-order valence-electron chi connectivity index (χ0n) is 13.5. The smallest absolute Gasteiger partial charge is 0.191 e. The van der Waals surface area contributed by atoms with Crippen molar-refractivity contribution in [2.24, 2.45) is 0 Å². The largest absolute Gasteiger partial charge is 0.383 e. The molecule has 124 valence electrons. The van der Waals surface area contributed by atoms with E-state index in [4.69, 9.17) is 4.74 Å². The molecule has 3 aromatic rings. The van der Waals surface area contributed by atoms with E-state index < -0.39 is 0 Å². The molecule has 0 unspecified atom stereocenters. The van der Waals surface area contributed by atoms with Crippen molar-refractivity contribution in [2.45, 2.75) is 18.1 Å². The van der Waals surface area contributed by atoms with E-state index in [9.17, 15) is 0 Å². The van der Waals surface area contributed by atoms with Crippen LogP contribution in [-0.2, 0) is 17.7 Å². The van der Waals surface area contributed by atoms with Crippen LogP contribution in [0.4, 0.5) is 0 Å². The number of methoxy groups -OCH3 is 1. The third kappa shape index (κ3) is 4.18. The van der Waals surface area contributed by atoms with Crippen LogP contribution in [0.5, 0.6) is 0 Å². The Kier molecular flexibility index (Phi) is 5.92. The molecule has 0 aliphatic carbocycles. The van der Waals surface area contributed by atoms with Crippen molar-refractivity contribution in [1.82, 2.24) is 24.7 Å². The number of hydrogen-bond donors (Lipinski definition) is 0. The number of ether oxygens (including phenoxy) is 1. The maximum absolute atomic E-state index is 5.23. The van der Waals surface area contributed by atoms with Crippen LogP contribution in [0.2, 0.25) is 0 Å². The third-order valence-corrected chi connectivity index (χ3v) is 4.46. The fraction of sp³-hybridized carbons (Fsp3) is 0.294.